The molecular weight excluding hydrogens is 182 g/mol. The van der Waals surface area contributed by atoms with E-state index in [1.54, 1.807) is 0 Å². The van der Waals surface area contributed by atoms with E-state index >= 15 is 0 Å². The van der Waals surface area contributed by atoms with Gasteiger partial charge in [-0.05, 0) is 39.0 Å². The fourth-order valence-corrected chi connectivity index (χ4v) is 3.94. The quantitative estimate of drug-likeness (QED) is 0.537. The normalized spacial score (nSPS) is 41.4. The lowest BCUT2D eigenvalue weighted by molar-refractivity contribution is -0.958. The van der Waals surface area contributed by atoms with E-state index in [-0.39, 0.29) is 0 Å². The zero-order valence-electron chi connectivity index (χ0n) is 10.8. The molecule has 2 aliphatic rings. The fraction of sp³-hybridized carbons (Fsp3) is 1.00. The molecule has 88 valence electrons. The minimum Gasteiger partial charge on any atom is -0.321 e. The van der Waals surface area contributed by atoms with Gasteiger partial charge in [0.05, 0.1) is 25.7 Å². The van der Waals surface area contributed by atoms with E-state index in [1.165, 1.54) is 56.2 Å². The molecule has 0 radical (unpaired) electrons. The van der Waals surface area contributed by atoms with Crippen molar-refractivity contribution in [3.05, 3.63) is 0 Å². The van der Waals surface area contributed by atoms with Crippen molar-refractivity contribution >= 4 is 0 Å². The number of piperidine rings is 1. The molecule has 1 spiro atoms. The second kappa shape index (κ2) is 4.45. The molecule has 2 aliphatic heterocycles. The van der Waals surface area contributed by atoms with Gasteiger partial charge in [-0.1, -0.05) is 13.8 Å². The van der Waals surface area contributed by atoms with Gasteiger partial charge in [-0.3, -0.25) is 0 Å². The number of rotatable bonds is 0. The lowest BCUT2D eigenvalue weighted by Crippen LogP contribution is -2.59. The molecule has 15 heavy (non-hydrogen) atoms. The fourth-order valence-electron chi connectivity index (χ4n) is 3.94. The SMILES string of the molecule is CC1CCC(C)C(C)[N+]2(CCCCC2)C1. The van der Waals surface area contributed by atoms with Gasteiger partial charge in [-0.2, -0.15) is 0 Å². The highest BCUT2D eigenvalue weighted by Gasteiger charge is 2.41. The molecule has 0 aromatic carbocycles. The van der Waals surface area contributed by atoms with Gasteiger partial charge in [-0.15, -0.1) is 0 Å². The number of quaternary nitrogens is 1. The van der Waals surface area contributed by atoms with E-state index in [2.05, 4.69) is 20.8 Å². The van der Waals surface area contributed by atoms with Gasteiger partial charge in [0, 0.05) is 11.8 Å². The van der Waals surface area contributed by atoms with Crippen molar-refractivity contribution in [3.8, 4) is 0 Å². The van der Waals surface area contributed by atoms with Crippen LogP contribution < -0.4 is 0 Å². The lowest BCUT2D eigenvalue weighted by Gasteiger charge is -2.47. The Labute approximate surface area is 95.4 Å². The number of hydrogen-bond acceptors (Lipinski definition) is 0. The van der Waals surface area contributed by atoms with Crippen molar-refractivity contribution in [2.45, 2.75) is 58.9 Å². The first-order valence-electron chi connectivity index (χ1n) is 7.00. The predicted molar refractivity (Wildman–Crippen MR) is 65.7 cm³/mol. The largest absolute Gasteiger partial charge is 0.321 e. The van der Waals surface area contributed by atoms with Crippen LogP contribution in [0.4, 0.5) is 0 Å². The smallest absolute Gasteiger partial charge is 0.0887 e. The third kappa shape index (κ3) is 2.22. The summed E-state index contributed by atoms with van der Waals surface area (Å²) >= 11 is 0. The topological polar surface area (TPSA) is 0 Å². The molecular formula is C14H28N+. The monoisotopic (exact) mass is 210 g/mol. The molecule has 0 amide bonds. The van der Waals surface area contributed by atoms with Crippen LogP contribution in [0.3, 0.4) is 0 Å². The van der Waals surface area contributed by atoms with E-state index in [1.807, 2.05) is 0 Å². The van der Waals surface area contributed by atoms with Crippen LogP contribution in [0.25, 0.3) is 0 Å². The van der Waals surface area contributed by atoms with E-state index in [0.29, 0.717) is 0 Å². The summed E-state index contributed by atoms with van der Waals surface area (Å²) in [4.78, 5) is 0. The minimum atomic E-state index is 0.912. The van der Waals surface area contributed by atoms with Crippen LogP contribution in [0, 0.1) is 11.8 Å². The molecule has 3 atom stereocenters. The molecule has 1 heteroatoms. The first-order valence-corrected chi connectivity index (χ1v) is 7.00. The standard InChI is InChI=1S/C14H28N/c1-12-7-8-13(2)14(3)15(11-12)9-5-4-6-10-15/h12-14H,4-11H2,1-3H3/q+1. The summed E-state index contributed by atoms with van der Waals surface area (Å²) in [5.41, 5.74) is 0. The molecule has 0 aliphatic carbocycles. The maximum Gasteiger partial charge on any atom is 0.0887 e. The molecule has 1 nitrogen and oxygen atoms in total. The average Bonchev–Trinajstić information content (AvgIpc) is 2.34. The summed E-state index contributed by atoms with van der Waals surface area (Å²) < 4.78 is 1.46. The van der Waals surface area contributed by atoms with Crippen molar-refractivity contribution in [1.82, 2.24) is 0 Å². The Morgan fingerprint density at radius 2 is 1.53 bits per heavy atom. The van der Waals surface area contributed by atoms with Gasteiger partial charge in [0.25, 0.3) is 0 Å². The first kappa shape index (κ1) is 11.4. The van der Waals surface area contributed by atoms with Crippen LogP contribution in [0.15, 0.2) is 0 Å². The average molecular weight is 210 g/mol. The van der Waals surface area contributed by atoms with E-state index in [0.717, 1.165) is 17.9 Å². The Bertz CT molecular complexity index is 205. The highest BCUT2D eigenvalue weighted by molar-refractivity contribution is 4.73. The first-order chi connectivity index (χ1) is 7.14. The maximum absolute atomic E-state index is 2.52. The summed E-state index contributed by atoms with van der Waals surface area (Å²) in [5.74, 6) is 1.89. The highest BCUT2D eigenvalue weighted by Crippen LogP contribution is 2.34. The maximum atomic E-state index is 2.52. The summed E-state index contributed by atoms with van der Waals surface area (Å²) in [6.07, 6.45) is 7.36. The summed E-state index contributed by atoms with van der Waals surface area (Å²) in [7, 11) is 0. The number of hydrogen-bond donors (Lipinski definition) is 0. The van der Waals surface area contributed by atoms with Crippen LogP contribution >= 0.6 is 0 Å². The number of nitrogens with zero attached hydrogens (tertiary/aromatic N) is 1. The molecule has 0 N–H and O–H groups in total. The van der Waals surface area contributed by atoms with Crippen molar-refractivity contribution in [3.63, 3.8) is 0 Å². The Kier molecular flexibility index (Phi) is 3.39. The second-order valence-corrected chi connectivity index (χ2v) is 6.31. The third-order valence-electron chi connectivity index (χ3n) is 5.18. The van der Waals surface area contributed by atoms with Crippen molar-refractivity contribution in [2.24, 2.45) is 11.8 Å². The molecule has 0 aromatic rings. The van der Waals surface area contributed by atoms with Gasteiger partial charge in [0.2, 0.25) is 0 Å². The Morgan fingerprint density at radius 3 is 2.20 bits per heavy atom. The van der Waals surface area contributed by atoms with Gasteiger partial charge >= 0.3 is 0 Å². The molecule has 2 heterocycles. The molecule has 0 aromatic heterocycles. The molecule has 0 bridgehead atoms. The molecule has 0 saturated carbocycles. The van der Waals surface area contributed by atoms with Crippen LogP contribution in [0.1, 0.15) is 52.9 Å². The van der Waals surface area contributed by atoms with Gasteiger partial charge in [0.1, 0.15) is 0 Å². The molecule has 2 saturated heterocycles. The molecule has 2 rings (SSSR count). The Balaban J connectivity index is 2.16. The lowest BCUT2D eigenvalue weighted by atomic mass is 9.94. The van der Waals surface area contributed by atoms with Crippen LogP contribution in [0.5, 0.6) is 0 Å². The van der Waals surface area contributed by atoms with Crippen LogP contribution in [0.2, 0.25) is 0 Å². The van der Waals surface area contributed by atoms with Crippen LogP contribution in [-0.4, -0.2) is 30.2 Å². The van der Waals surface area contributed by atoms with Gasteiger partial charge in [-0.25, -0.2) is 0 Å². The van der Waals surface area contributed by atoms with Crippen LogP contribution in [-0.2, 0) is 0 Å². The summed E-state index contributed by atoms with van der Waals surface area (Å²) in [5, 5.41) is 0. The second-order valence-electron chi connectivity index (χ2n) is 6.31. The Hall–Kier alpha value is -0.0400. The van der Waals surface area contributed by atoms with Crippen molar-refractivity contribution in [1.29, 1.82) is 0 Å². The van der Waals surface area contributed by atoms with Gasteiger partial charge in [0.15, 0.2) is 0 Å². The Morgan fingerprint density at radius 1 is 0.867 bits per heavy atom. The third-order valence-corrected chi connectivity index (χ3v) is 5.18. The highest BCUT2D eigenvalue weighted by atomic mass is 15.4. The zero-order valence-corrected chi connectivity index (χ0v) is 10.8. The summed E-state index contributed by atoms with van der Waals surface area (Å²) in [6, 6.07) is 0.912. The van der Waals surface area contributed by atoms with E-state index in [9.17, 15) is 0 Å². The van der Waals surface area contributed by atoms with E-state index in [4.69, 9.17) is 0 Å². The minimum absolute atomic E-state index is 0.912. The van der Waals surface area contributed by atoms with Gasteiger partial charge < -0.3 is 4.48 Å². The zero-order chi connectivity index (χ0) is 10.9. The van der Waals surface area contributed by atoms with E-state index < -0.39 is 0 Å². The predicted octanol–water partition coefficient (Wildman–Crippen LogP) is 3.44. The summed E-state index contributed by atoms with van der Waals surface area (Å²) in [6.45, 7) is 11.9. The molecule has 3 unspecified atom stereocenters. The molecule has 2 fully saturated rings. The van der Waals surface area contributed by atoms with Crippen molar-refractivity contribution < 1.29 is 4.48 Å². The van der Waals surface area contributed by atoms with Crippen molar-refractivity contribution in [2.75, 3.05) is 19.6 Å².